The van der Waals surface area contributed by atoms with Crippen LogP contribution in [-0.4, -0.2) is 24.0 Å². The summed E-state index contributed by atoms with van der Waals surface area (Å²) in [6, 6.07) is 3.85. The molecule has 0 radical (unpaired) electrons. The third kappa shape index (κ3) is 3.19. The second-order valence-corrected chi connectivity index (χ2v) is 4.71. The van der Waals surface area contributed by atoms with Crippen molar-refractivity contribution in [1.82, 2.24) is 4.90 Å². The number of rotatable bonds is 2. The third-order valence-corrected chi connectivity index (χ3v) is 3.45. The Morgan fingerprint density at radius 3 is 2.50 bits per heavy atom. The number of nitrogens with two attached hydrogens (primary N) is 1. The van der Waals surface area contributed by atoms with Gasteiger partial charge in [-0.25, -0.2) is 8.78 Å². The molecule has 0 aliphatic carbocycles. The van der Waals surface area contributed by atoms with E-state index in [4.69, 9.17) is 5.73 Å². The molecule has 5 heteroatoms. The van der Waals surface area contributed by atoms with Gasteiger partial charge < -0.3 is 5.73 Å². The Morgan fingerprint density at radius 2 is 1.94 bits per heavy atom. The summed E-state index contributed by atoms with van der Waals surface area (Å²) in [5.74, 6) is -0.951. The number of hydrogen-bond donors (Lipinski definition) is 1. The van der Waals surface area contributed by atoms with Crippen LogP contribution in [0.1, 0.15) is 31.4 Å². The first-order valence-electron chi connectivity index (χ1n) is 6.03. The van der Waals surface area contributed by atoms with Gasteiger partial charge in [0, 0.05) is 24.2 Å². The summed E-state index contributed by atoms with van der Waals surface area (Å²) in [5, 5.41) is 0. The summed E-state index contributed by atoms with van der Waals surface area (Å²) in [7, 11) is 0. The van der Waals surface area contributed by atoms with E-state index in [9.17, 15) is 8.78 Å². The number of halogens is 3. The van der Waals surface area contributed by atoms with Gasteiger partial charge >= 0.3 is 0 Å². The lowest BCUT2D eigenvalue weighted by Crippen LogP contribution is -2.44. The lowest BCUT2D eigenvalue weighted by molar-refractivity contribution is 0.154. The van der Waals surface area contributed by atoms with Crippen LogP contribution < -0.4 is 5.73 Å². The monoisotopic (exact) mass is 276 g/mol. The molecule has 1 aliphatic heterocycles. The molecule has 18 heavy (non-hydrogen) atoms. The van der Waals surface area contributed by atoms with Crippen molar-refractivity contribution in [2.45, 2.75) is 31.8 Å². The molecule has 1 aliphatic rings. The van der Waals surface area contributed by atoms with Crippen LogP contribution in [0.15, 0.2) is 18.2 Å². The molecule has 0 saturated carbocycles. The standard InChI is InChI=1S/C13H18F2N2.ClH/c1-9(17-7-3-4-10(16)8-17)13-11(14)5-2-6-12(13)15;/h2,5-6,9-10H,3-4,7-8,16H2,1H3;1H. The first-order valence-corrected chi connectivity index (χ1v) is 6.03. The molecule has 2 atom stereocenters. The van der Waals surface area contributed by atoms with Crippen molar-refractivity contribution in [3.05, 3.63) is 35.4 Å². The largest absolute Gasteiger partial charge is 0.327 e. The van der Waals surface area contributed by atoms with Gasteiger partial charge in [0.25, 0.3) is 0 Å². The van der Waals surface area contributed by atoms with E-state index in [1.54, 1.807) is 0 Å². The van der Waals surface area contributed by atoms with Crippen molar-refractivity contribution in [2.75, 3.05) is 13.1 Å². The van der Waals surface area contributed by atoms with Crippen LogP contribution in [0.2, 0.25) is 0 Å². The fourth-order valence-electron chi connectivity index (χ4n) is 2.48. The highest BCUT2D eigenvalue weighted by molar-refractivity contribution is 5.85. The van der Waals surface area contributed by atoms with E-state index in [1.165, 1.54) is 18.2 Å². The fourth-order valence-corrected chi connectivity index (χ4v) is 2.48. The van der Waals surface area contributed by atoms with Crippen LogP contribution in [0, 0.1) is 11.6 Å². The Hall–Kier alpha value is -0.710. The second kappa shape index (κ2) is 6.45. The maximum Gasteiger partial charge on any atom is 0.130 e. The van der Waals surface area contributed by atoms with Gasteiger partial charge in [-0.05, 0) is 38.4 Å². The van der Waals surface area contributed by atoms with E-state index in [0.29, 0.717) is 6.54 Å². The van der Waals surface area contributed by atoms with Gasteiger partial charge in [0.1, 0.15) is 11.6 Å². The van der Waals surface area contributed by atoms with Crippen LogP contribution >= 0.6 is 12.4 Å². The van der Waals surface area contributed by atoms with E-state index in [-0.39, 0.29) is 30.1 Å². The highest BCUT2D eigenvalue weighted by Gasteiger charge is 2.25. The Kier molecular flexibility index (Phi) is 5.50. The van der Waals surface area contributed by atoms with Crippen molar-refractivity contribution in [3.63, 3.8) is 0 Å². The van der Waals surface area contributed by atoms with Crippen molar-refractivity contribution in [2.24, 2.45) is 5.73 Å². The van der Waals surface area contributed by atoms with E-state index in [0.717, 1.165) is 19.4 Å². The summed E-state index contributed by atoms with van der Waals surface area (Å²) in [5.41, 5.74) is 6.04. The topological polar surface area (TPSA) is 29.3 Å². The average molecular weight is 277 g/mol. The van der Waals surface area contributed by atoms with Gasteiger partial charge in [-0.2, -0.15) is 0 Å². The quantitative estimate of drug-likeness (QED) is 0.900. The summed E-state index contributed by atoms with van der Waals surface area (Å²) in [6.45, 7) is 3.39. The zero-order chi connectivity index (χ0) is 12.4. The predicted octanol–water partition coefficient (Wildman–Crippen LogP) is 2.87. The van der Waals surface area contributed by atoms with Crippen LogP contribution in [-0.2, 0) is 0 Å². The molecule has 1 aromatic carbocycles. The van der Waals surface area contributed by atoms with Crippen LogP contribution in [0.5, 0.6) is 0 Å². The predicted molar refractivity (Wildman–Crippen MR) is 70.8 cm³/mol. The lowest BCUT2D eigenvalue weighted by Gasteiger charge is -2.35. The maximum atomic E-state index is 13.7. The highest BCUT2D eigenvalue weighted by atomic mass is 35.5. The van der Waals surface area contributed by atoms with E-state index in [2.05, 4.69) is 4.90 Å². The van der Waals surface area contributed by atoms with Crippen molar-refractivity contribution in [1.29, 1.82) is 0 Å². The molecule has 1 fully saturated rings. The molecule has 2 nitrogen and oxygen atoms in total. The molecule has 102 valence electrons. The number of nitrogens with zero attached hydrogens (tertiary/aromatic N) is 1. The van der Waals surface area contributed by atoms with Gasteiger partial charge in [-0.1, -0.05) is 6.07 Å². The molecule has 0 bridgehead atoms. The first-order chi connectivity index (χ1) is 8.09. The Balaban J connectivity index is 0.00000162. The van der Waals surface area contributed by atoms with E-state index in [1.807, 2.05) is 6.92 Å². The maximum absolute atomic E-state index is 13.7. The van der Waals surface area contributed by atoms with Crippen molar-refractivity contribution >= 4 is 12.4 Å². The lowest BCUT2D eigenvalue weighted by atomic mass is 10.00. The summed E-state index contributed by atoms with van der Waals surface area (Å²) in [4.78, 5) is 2.05. The smallest absolute Gasteiger partial charge is 0.130 e. The van der Waals surface area contributed by atoms with Crippen LogP contribution in [0.25, 0.3) is 0 Å². The van der Waals surface area contributed by atoms with Gasteiger partial charge in [0.2, 0.25) is 0 Å². The van der Waals surface area contributed by atoms with E-state index < -0.39 is 11.6 Å². The van der Waals surface area contributed by atoms with Crippen LogP contribution in [0.4, 0.5) is 8.78 Å². The number of piperidine rings is 1. The third-order valence-electron chi connectivity index (χ3n) is 3.45. The summed E-state index contributed by atoms with van der Waals surface area (Å²) >= 11 is 0. The Labute approximate surface area is 113 Å². The molecule has 0 spiro atoms. The molecular weight excluding hydrogens is 258 g/mol. The first kappa shape index (κ1) is 15.3. The minimum absolute atomic E-state index is 0. The molecule has 1 aromatic rings. The molecule has 2 N–H and O–H groups in total. The minimum atomic E-state index is -0.475. The number of benzene rings is 1. The highest BCUT2D eigenvalue weighted by Crippen LogP contribution is 2.27. The van der Waals surface area contributed by atoms with E-state index >= 15 is 0 Å². The summed E-state index contributed by atoms with van der Waals surface area (Å²) in [6.07, 6.45) is 1.98. The zero-order valence-electron chi connectivity index (χ0n) is 10.4. The Bertz CT molecular complexity index is 380. The molecular formula is C13H19ClF2N2. The van der Waals surface area contributed by atoms with Crippen LogP contribution in [0.3, 0.4) is 0 Å². The average Bonchev–Trinajstić information content (AvgIpc) is 2.28. The number of likely N-dealkylation sites (tertiary alicyclic amines) is 1. The molecule has 0 amide bonds. The van der Waals surface area contributed by atoms with Gasteiger partial charge in [-0.3, -0.25) is 4.90 Å². The normalized spacial score (nSPS) is 22.3. The molecule has 2 unspecified atom stereocenters. The van der Waals surface area contributed by atoms with Gasteiger partial charge in [-0.15, -0.1) is 12.4 Å². The second-order valence-electron chi connectivity index (χ2n) is 4.71. The fraction of sp³-hybridized carbons (Fsp3) is 0.538. The zero-order valence-corrected chi connectivity index (χ0v) is 11.2. The minimum Gasteiger partial charge on any atom is -0.327 e. The molecule has 2 rings (SSSR count). The molecule has 1 heterocycles. The molecule has 0 aromatic heterocycles. The molecule has 1 saturated heterocycles. The van der Waals surface area contributed by atoms with Gasteiger partial charge in [0.15, 0.2) is 0 Å². The van der Waals surface area contributed by atoms with Crippen molar-refractivity contribution in [3.8, 4) is 0 Å². The summed E-state index contributed by atoms with van der Waals surface area (Å²) < 4.78 is 27.3. The Morgan fingerprint density at radius 1 is 1.33 bits per heavy atom. The SMILES string of the molecule is CC(c1c(F)cccc1F)N1CCCC(N)C1.Cl. The number of hydrogen-bond acceptors (Lipinski definition) is 2. The van der Waals surface area contributed by atoms with Crippen molar-refractivity contribution < 1.29 is 8.78 Å². The van der Waals surface area contributed by atoms with Gasteiger partial charge in [0.05, 0.1) is 0 Å².